The monoisotopic (exact) mass is 98.1 g/mol. The lowest BCUT2D eigenvalue weighted by atomic mass is 10.0. The van der Waals surface area contributed by atoms with Crippen molar-refractivity contribution in [2.75, 3.05) is 0 Å². The van der Waals surface area contributed by atoms with Gasteiger partial charge in [-0.15, -0.1) is 0 Å². The van der Waals surface area contributed by atoms with Gasteiger partial charge in [-0.3, -0.25) is 5.73 Å². The Balaban J connectivity index is 2.36. The molecule has 0 atom stereocenters. The van der Waals surface area contributed by atoms with Crippen LogP contribution in [0.1, 0.15) is 26.7 Å². The van der Waals surface area contributed by atoms with Crippen molar-refractivity contribution in [3.8, 4) is 0 Å². The second-order valence-electron chi connectivity index (χ2n) is 3.00. The Morgan fingerprint density at radius 2 is 1.86 bits per heavy atom. The van der Waals surface area contributed by atoms with Crippen LogP contribution < -0.4 is 5.73 Å². The summed E-state index contributed by atoms with van der Waals surface area (Å²) in [5.41, 5.74) is 7.31. The van der Waals surface area contributed by atoms with Crippen molar-refractivity contribution in [1.29, 1.82) is 0 Å². The maximum Gasteiger partial charge on any atom is 0.0295 e. The first kappa shape index (κ1) is 5.10. The minimum absolute atomic E-state index is 0.139. The van der Waals surface area contributed by atoms with Gasteiger partial charge in [-0.1, -0.05) is 0 Å². The predicted molar refractivity (Wildman–Crippen MR) is 29.9 cm³/mol. The van der Waals surface area contributed by atoms with Crippen LogP contribution in [0.25, 0.3) is 0 Å². The van der Waals surface area contributed by atoms with Crippen LogP contribution in [0.4, 0.5) is 0 Å². The van der Waals surface area contributed by atoms with Gasteiger partial charge in [0.05, 0.1) is 0 Å². The van der Waals surface area contributed by atoms with Crippen molar-refractivity contribution in [1.82, 2.24) is 5.73 Å². The molecule has 41 valence electrons. The van der Waals surface area contributed by atoms with Gasteiger partial charge in [0.15, 0.2) is 0 Å². The first-order valence-corrected chi connectivity index (χ1v) is 2.86. The van der Waals surface area contributed by atoms with Gasteiger partial charge < -0.3 is 0 Å². The maximum absolute atomic E-state index is 7.45. The van der Waals surface area contributed by atoms with Gasteiger partial charge in [0.2, 0.25) is 0 Å². The van der Waals surface area contributed by atoms with E-state index >= 15 is 0 Å². The van der Waals surface area contributed by atoms with E-state index in [-0.39, 0.29) is 5.54 Å². The van der Waals surface area contributed by atoms with Crippen LogP contribution >= 0.6 is 0 Å². The van der Waals surface area contributed by atoms with Crippen LogP contribution in [-0.4, -0.2) is 5.54 Å². The van der Waals surface area contributed by atoms with E-state index < -0.39 is 0 Å². The Labute approximate surface area is 44.9 Å². The topological polar surface area (TPSA) is 23.8 Å². The summed E-state index contributed by atoms with van der Waals surface area (Å²) in [6.07, 6.45) is 2.58. The van der Waals surface area contributed by atoms with Crippen molar-refractivity contribution < 1.29 is 0 Å². The van der Waals surface area contributed by atoms with Crippen LogP contribution in [0.2, 0.25) is 0 Å². The van der Waals surface area contributed by atoms with Gasteiger partial charge in [0.1, 0.15) is 0 Å². The van der Waals surface area contributed by atoms with Crippen LogP contribution in [-0.2, 0) is 0 Å². The first-order valence-electron chi connectivity index (χ1n) is 2.86. The molecule has 0 saturated heterocycles. The second-order valence-corrected chi connectivity index (χ2v) is 3.00. The second kappa shape index (κ2) is 1.22. The SMILES string of the molecule is CC(C)([NH])C1CC1. The molecule has 1 rings (SSSR count). The Bertz CT molecular complexity index is 66.7. The van der Waals surface area contributed by atoms with E-state index in [1.807, 2.05) is 13.8 Å². The van der Waals surface area contributed by atoms with Crippen molar-refractivity contribution in [2.24, 2.45) is 5.92 Å². The molecule has 0 aromatic carbocycles. The normalized spacial score (nSPS) is 22.7. The summed E-state index contributed by atoms with van der Waals surface area (Å²) in [6, 6.07) is 0. The fraction of sp³-hybridized carbons (Fsp3) is 1.00. The van der Waals surface area contributed by atoms with Crippen molar-refractivity contribution >= 4 is 0 Å². The van der Waals surface area contributed by atoms with Crippen molar-refractivity contribution in [2.45, 2.75) is 32.2 Å². The molecule has 0 bridgehead atoms. The molecule has 0 unspecified atom stereocenters. The van der Waals surface area contributed by atoms with E-state index in [1.165, 1.54) is 12.8 Å². The zero-order valence-corrected chi connectivity index (χ0v) is 4.99. The molecule has 0 aromatic rings. The molecular weight excluding hydrogens is 86.1 g/mol. The molecule has 7 heavy (non-hydrogen) atoms. The van der Waals surface area contributed by atoms with Gasteiger partial charge >= 0.3 is 0 Å². The average Bonchev–Trinajstić information content (AvgIpc) is 1.99. The third-order valence-corrected chi connectivity index (χ3v) is 1.60. The molecule has 0 aromatic heterocycles. The van der Waals surface area contributed by atoms with Gasteiger partial charge in [-0.05, 0) is 32.6 Å². The van der Waals surface area contributed by atoms with Gasteiger partial charge in [-0.25, -0.2) is 0 Å². The van der Waals surface area contributed by atoms with E-state index in [9.17, 15) is 0 Å². The van der Waals surface area contributed by atoms with E-state index in [2.05, 4.69) is 0 Å². The fourth-order valence-electron chi connectivity index (χ4n) is 0.805. The summed E-state index contributed by atoms with van der Waals surface area (Å²) in [5, 5.41) is 0. The molecule has 1 heteroatoms. The van der Waals surface area contributed by atoms with E-state index in [4.69, 9.17) is 5.73 Å². The molecule has 0 heterocycles. The van der Waals surface area contributed by atoms with Crippen LogP contribution in [0.3, 0.4) is 0 Å². The molecule has 0 spiro atoms. The van der Waals surface area contributed by atoms with E-state index in [0.29, 0.717) is 5.92 Å². The summed E-state index contributed by atoms with van der Waals surface area (Å²) in [5.74, 6) is 0.715. The molecular formula is C6H12N. The van der Waals surface area contributed by atoms with Crippen LogP contribution in [0.15, 0.2) is 0 Å². The first-order chi connectivity index (χ1) is 3.11. The lowest BCUT2D eigenvalue weighted by Crippen LogP contribution is -2.23. The third kappa shape index (κ3) is 1.16. The Morgan fingerprint density at radius 3 is 1.86 bits per heavy atom. The number of hydrogen-bond donors (Lipinski definition) is 0. The molecule has 0 aliphatic heterocycles. The molecule has 1 aliphatic carbocycles. The van der Waals surface area contributed by atoms with Crippen LogP contribution in [0, 0.1) is 5.92 Å². The molecule has 1 radical (unpaired) electrons. The minimum Gasteiger partial charge on any atom is -0.251 e. The van der Waals surface area contributed by atoms with Crippen molar-refractivity contribution in [3.63, 3.8) is 0 Å². The standard InChI is InChI=1S/C6H12N/c1-6(2,7)5-3-4-5/h5,7H,3-4H2,1-2H3. The highest BCUT2D eigenvalue weighted by Gasteiger charge is 2.34. The maximum atomic E-state index is 7.45. The van der Waals surface area contributed by atoms with E-state index in [0.717, 1.165) is 0 Å². The van der Waals surface area contributed by atoms with Crippen molar-refractivity contribution in [3.05, 3.63) is 0 Å². The van der Waals surface area contributed by atoms with Gasteiger partial charge in [0, 0.05) is 5.54 Å². The molecule has 1 N–H and O–H groups in total. The summed E-state index contributed by atoms with van der Waals surface area (Å²) in [7, 11) is 0. The molecule has 0 amide bonds. The largest absolute Gasteiger partial charge is 0.251 e. The molecule has 1 aliphatic rings. The third-order valence-electron chi connectivity index (χ3n) is 1.60. The highest BCUT2D eigenvalue weighted by molar-refractivity contribution is 4.90. The minimum atomic E-state index is -0.139. The van der Waals surface area contributed by atoms with Gasteiger partial charge in [-0.2, -0.15) is 0 Å². The Morgan fingerprint density at radius 1 is 1.43 bits per heavy atom. The average molecular weight is 98.2 g/mol. The van der Waals surface area contributed by atoms with E-state index in [1.54, 1.807) is 0 Å². The number of hydrogen-bond acceptors (Lipinski definition) is 0. The molecule has 1 saturated carbocycles. The number of rotatable bonds is 1. The zero-order valence-electron chi connectivity index (χ0n) is 4.99. The highest BCUT2D eigenvalue weighted by atomic mass is 14.7. The quantitative estimate of drug-likeness (QED) is 0.474. The Hall–Kier alpha value is -0.0400. The Kier molecular flexibility index (Phi) is 0.890. The summed E-state index contributed by atoms with van der Waals surface area (Å²) < 4.78 is 0. The fourth-order valence-corrected chi connectivity index (χ4v) is 0.805. The highest BCUT2D eigenvalue weighted by Crippen LogP contribution is 2.38. The van der Waals surface area contributed by atoms with Gasteiger partial charge in [0.25, 0.3) is 0 Å². The molecule has 1 nitrogen and oxygen atoms in total. The summed E-state index contributed by atoms with van der Waals surface area (Å²) in [4.78, 5) is 0. The lowest BCUT2D eigenvalue weighted by Gasteiger charge is -2.14. The van der Waals surface area contributed by atoms with Crippen LogP contribution in [0.5, 0.6) is 0 Å². The zero-order chi connectivity index (χ0) is 5.49. The predicted octanol–water partition coefficient (Wildman–Crippen LogP) is 1.46. The smallest absolute Gasteiger partial charge is 0.0295 e. The summed E-state index contributed by atoms with van der Waals surface area (Å²) >= 11 is 0. The molecule has 1 fully saturated rings. The summed E-state index contributed by atoms with van der Waals surface area (Å²) in [6.45, 7) is 3.98. The lowest BCUT2D eigenvalue weighted by molar-refractivity contribution is 0.435. The number of nitrogens with one attached hydrogen (secondary N) is 1.